The Balaban J connectivity index is 1.69. The highest BCUT2D eigenvalue weighted by Gasteiger charge is 2.28. The van der Waals surface area contributed by atoms with Crippen molar-refractivity contribution in [2.45, 2.75) is 45.3 Å². The van der Waals surface area contributed by atoms with Crippen LogP contribution < -0.4 is 21.1 Å². The van der Waals surface area contributed by atoms with Gasteiger partial charge in [0.05, 0.1) is 19.0 Å². The lowest BCUT2D eigenvalue weighted by molar-refractivity contribution is 0.0206. The first-order valence-electron chi connectivity index (χ1n) is 9.88. The third-order valence-corrected chi connectivity index (χ3v) is 4.44. The number of likely N-dealkylation sites (tertiary alicyclic amines) is 1. The van der Waals surface area contributed by atoms with Gasteiger partial charge in [-0.15, -0.1) is 0 Å². The van der Waals surface area contributed by atoms with Gasteiger partial charge < -0.3 is 30.7 Å². The van der Waals surface area contributed by atoms with Gasteiger partial charge in [-0.1, -0.05) is 0 Å². The van der Waals surface area contributed by atoms with Crippen LogP contribution in [-0.2, 0) is 4.74 Å². The van der Waals surface area contributed by atoms with E-state index in [1.54, 1.807) is 24.3 Å². The summed E-state index contributed by atoms with van der Waals surface area (Å²) < 4.78 is 10.7. The van der Waals surface area contributed by atoms with Crippen LogP contribution >= 0.6 is 0 Å². The third kappa shape index (κ3) is 5.62. The topological polar surface area (TPSA) is 128 Å². The smallest absolute Gasteiger partial charge is 0.410 e. The molecule has 0 saturated carbocycles. The van der Waals surface area contributed by atoms with E-state index in [0.717, 1.165) is 12.8 Å². The SMILES string of the molecule is COc1ncccc1Nc1ncc(N)c(NC2CCCN(C(=O)OC(C)(C)C)C2)n1. The van der Waals surface area contributed by atoms with Gasteiger partial charge in [-0.2, -0.15) is 4.98 Å². The second-order valence-electron chi connectivity index (χ2n) is 8.09. The fraction of sp³-hybridized carbons (Fsp3) is 0.500. The quantitative estimate of drug-likeness (QED) is 0.675. The van der Waals surface area contributed by atoms with Gasteiger partial charge in [0, 0.05) is 25.3 Å². The Morgan fingerprint density at radius 3 is 2.87 bits per heavy atom. The number of nitrogens with zero attached hydrogens (tertiary/aromatic N) is 4. The number of rotatable bonds is 5. The van der Waals surface area contributed by atoms with Crippen molar-refractivity contribution in [2.75, 3.05) is 36.6 Å². The molecule has 10 heteroatoms. The van der Waals surface area contributed by atoms with Gasteiger partial charge >= 0.3 is 6.09 Å². The molecular formula is C20H29N7O3. The normalized spacial score (nSPS) is 16.7. The average Bonchev–Trinajstić information content (AvgIpc) is 2.70. The molecule has 30 heavy (non-hydrogen) atoms. The summed E-state index contributed by atoms with van der Waals surface area (Å²) in [6.45, 7) is 6.76. The lowest BCUT2D eigenvalue weighted by Gasteiger charge is -2.34. The van der Waals surface area contributed by atoms with E-state index in [1.165, 1.54) is 6.20 Å². The molecular weight excluding hydrogens is 386 g/mol. The largest absolute Gasteiger partial charge is 0.480 e. The van der Waals surface area contributed by atoms with Gasteiger partial charge in [0.15, 0.2) is 5.82 Å². The monoisotopic (exact) mass is 415 g/mol. The van der Waals surface area contributed by atoms with E-state index >= 15 is 0 Å². The summed E-state index contributed by atoms with van der Waals surface area (Å²) in [7, 11) is 1.55. The van der Waals surface area contributed by atoms with Gasteiger partial charge in [-0.3, -0.25) is 0 Å². The Hall–Kier alpha value is -3.30. The number of piperidine rings is 1. The van der Waals surface area contributed by atoms with E-state index < -0.39 is 5.60 Å². The summed E-state index contributed by atoms with van der Waals surface area (Å²) in [5.74, 6) is 1.30. The third-order valence-electron chi connectivity index (χ3n) is 4.44. The van der Waals surface area contributed by atoms with E-state index in [1.807, 2.05) is 26.8 Å². The summed E-state index contributed by atoms with van der Waals surface area (Å²) in [6, 6.07) is 3.61. The number of nitrogens with two attached hydrogens (primary N) is 1. The number of hydrogen-bond acceptors (Lipinski definition) is 9. The fourth-order valence-corrected chi connectivity index (χ4v) is 3.12. The number of aromatic nitrogens is 3. The molecule has 2 aromatic heterocycles. The number of nitrogen functional groups attached to an aromatic ring is 1. The number of methoxy groups -OCH3 is 1. The van der Waals surface area contributed by atoms with Crippen LogP contribution in [0.4, 0.5) is 27.9 Å². The maximum atomic E-state index is 12.4. The highest BCUT2D eigenvalue weighted by atomic mass is 16.6. The predicted octanol–water partition coefficient (Wildman–Crippen LogP) is 3.02. The van der Waals surface area contributed by atoms with E-state index in [9.17, 15) is 4.79 Å². The van der Waals surface area contributed by atoms with Crippen LogP contribution in [0.5, 0.6) is 5.88 Å². The van der Waals surface area contributed by atoms with Crippen LogP contribution in [-0.4, -0.2) is 57.8 Å². The summed E-state index contributed by atoms with van der Waals surface area (Å²) in [5.41, 5.74) is 6.62. The van der Waals surface area contributed by atoms with Gasteiger partial charge in [0.2, 0.25) is 11.8 Å². The standard InChI is InChI=1S/C20H29N7O3/c1-20(2,3)30-19(28)27-10-6-7-13(12-27)24-16-14(21)11-23-18(26-16)25-15-8-5-9-22-17(15)29-4/h5,8-9,11,13H,6-7,10,12,21H2,1-4H3,(H2,23,24,25,26). The van der Waals surface area contributed by atoms with E-state index in [2.05, 4.69) is 25.6 Å². The second kappa shape index (κ2) is 9.02. The molecule has 0 aliphatic carbocycles. The summed E-state index contributed by atoms with van der Waals surface area (Å²) in [6.07, 6.45) is 4.62. The molecule has 1 atom stereocenters. The van der Waals surface area contributed by atoms with Crippen molar-refractivity contribution in [3.63, 3.8) is 0 Å². The van der Waals surface area contributed by atoms with Gasteiger partial charge in [-0.05, 0) is 45.7 Å². The van der Waals surface area contributed by atoms with E-state index in [-0.39, 0.29) is 12.1 Å². The molecule has 1 fully saturated rings. The molecule has 10 nitrogen and oxygen atoms in total. The number of carbonyl (C=O) groups excluding carboxylic acids is 1. The molecule has 1 saturated heterocycles. The lowest BCUT2D eigenvalue weighted by Crippen LogP contribution is -2.47. The summed E-state index contributed by atoms with van der Waals surface area (Å²) >= 11 is 0. The predicted molar refractivity (Wildman–Crippen MR) is 115 cm³/mol. The molecule has 1 amide bonds. The summed E-state index contributed by atoms with van der Waals surface area (Å²) in [5, 5.41) is 6.43. The van der Waals surface area contributed by atoms with Gasteiger partial charge in [0.1, 0.15) is 11.3 Å². The molecule has 1 aliphatic rings. The molecule has 3 rings (SSSR count). The minimum Gasteiger partial charge on any atom is -0.480 e. The van der Waals surface area contributed by atoms with Gasteiger partial charge in [0.25, 0.3) is 0 Å². The van der Waals surface area contributed by atoms with Crippen LogP contribution in [0.2, 0.25) is 0 Å². The van der Waals surface area contributed by atoms with E-state index in [0.29, 0.717) is 42.1 Å². The van der Waals surface area contributed by atoms with Gasteiger partial charge in [-0.25, -0.2) is 14.8 Å². The highest BCUT2D eigenvalue weighted by molar-refractivity contribution is 5.69. The van der Waals surface area contributed by atoms with Crippen LogP contribution in [0, 0.1) is 0 Å². The first kappa shape index (κ1) is 21.4. The Morgan fingerprint density at radius 2 is 2.13 bits per heavy atom. The lowest BCUT2D eigenvalue weighted by atomic mass is 10.1. The van der Waals surface area contributed by atoms with Crippen molar-refractivity contribution < 1.29 is 14.3 Å². The number of amides is 1. The van der Waals surface area contributed by atoms with E-state index in [4.69, 9.17) is 15.2 Å². The summed E-state index contributed by atoms with van der Waals surface area (Å²) in [4.78, 5) is 27.0. The van der Waals surface area contributed by atoms with Crippen molar-refractivity contribution in [3.05, 3.63) is 24.5 Å². The molecule has 0 radical (unpaired) electrons. The van der Waals surface area contributed by atoms with Crippen LogP contribution in [0.1, 0.15) is 33.6 Å². The van der Waals surface area contributed by atoms with Crippen molar-refractivity contribution in [3.8, 4) is 5.88 Å². The zero-order valence-electron chi connectivity index (χ0n) is 17.8. The van der Waals surface area contributed by atoms with Crippen molar-refractivity contribution in [1.82, 2.24) is 19.9 Å². The fourth-order valence-electron chi connectivity index (χ4n) is 3.12. The molecule has 3 heterocycles. The molecule has 1 aliphatic heterocycles. The zero-order valence-corrected chi connectivity index (χ0v) is 17.8. The number of carbonyl (C=O) groups is 1. The number of anilines is 4. The van der Waals surface area contributed by atoms with Crippen molar-refractivity contribution >= 4 is 29.2 Å². The molecule has 0 spiro atoms. The second-order valence-corrected chi connectivity index (χ2v) is 8.09. The number of hydrogen-bond donors (Lipinski definition) is 3. The minimum absolute atomic E-state index is 0.00393. The first-order chi connectivity index (χ1) is 14.2. The maximum absolute atomic E-state index is 12.4. The molecule has 1 unspecified atom stereocenters. The van der Waals surface area contributed by atoms with Crippen LogP contribution in [0.25, 0.3) is 0 Å². The Morgan fingerprint density at radius 1 is 1.33 bits per heavy atom. The zero-order chi connectivity index (χ0) is 21.7. The van der Waals surface area contributed by atoms with Crippen LogP contribution in [0.3, 0.4) is 0 Å². The number of pyridine rings is 1. The first-order valence-corrected chi connectivity index (χ1v) is 9.88. The molecule has 0 aromatic carbocycles. The molecule has 162 valence electrons. The van der Waals surface area contributed by atoms with Crippen LogP contribution in [0.15, 0.2) is 24.5 Å². The molecule has 4 N–H and O–H groups in total. The average molecular weight is 415 g/mol. The molecule has 0 bridgehead atoms. The highest BCUT2D eigenvalue weighted by Crippen LogP contribution is 2.26. The minimum atomic E-state index is -0.525. The maximum Gasteiger partial charge on any atom is 0.410 e. The molecule has 2 aromatic rings. The van der Waals surface area contributed by atoms with Crippen molar-refractivity contribution in [2.24, 2.45) is 0 Å². The Labute approximate surface area is 176 Å². The Bertz CT molecular complexity index is 885. The number of ether oxygens (including phenoxy) is 2. The Kier molecular flexibility index (Phi) is 6.43. The number of nitrogens with one attached hydrogen (secondary N) is 2. The van der Waals surface area contributed by atoms with Crippen molar-refractivity contribution in [1.29, 1.82) is 0 Å².